The van der Waals surface area contributed by atoms with E-state index in [9.17, 15) is 4.79 Å². The van der Waals surface area contributed by atoms with Gasteiger partial charge in [0.05, 0.1) is 0 Å². The van der Waals surface area contributed by atoms with Gasteiger partial charge in [-0.2, -0.15) is 0 Å². The molecule has 0 radical (unpaired) electrons. The van der Waals surface area contributed by atoms with Crippen LogP contribution in [0.3, 0.4) is 0 Å². The van der Waals surface area contributed by atoms with Gasteiger partial charge in [0.1, 0.15) is 12.1 Å². The minimum Gasteiger partial charge on any atom is -0.461 e. The summed E-state index contributed by atoms with van der Waals surface area (Å²) in [6.45, 7) is 16.8. The Hall–Kier alpha value is -0.830. The number of hydrogen-bond donors (Lipinski definition) is 1. The van der Waals surface area contributed by atoms with Crippen LogP contribution in [0.25, 0.3) is 0 Å². The molecule has 3 nitrogen and oxygen atoms in total. The number of carbonyl (C=O) groups is 1. The van der Waals surface area contributed by atoms with Crippen LogP contribution in [0.15, 0.2) is 11.6 Å². The lowest BCUT2D eigenvalue weighted by atomic mass is 9.47. The Morgan fingerprint density at radius 3 is 2.44 bits per heavy atom. The zero-order valence-electron chi connectivity index (χ0n) is 24.7. The van der Waals surface area contributed by atoms with Gasteiger partial charge >= 0.3 is 5.97 Å². The van der Waals surface area contributed by atoms with Crippen LogP contribution in [-0.4, -0.2) is 18.1 Å². The highest BCUT2D eigenvalue weighted by Crippen LogP contribution is 2.67. The van der Waals surface area contributed by atoms with Crippen molar-refractivity contribution in [1.82, 2.24) is 0 Å². The van der Waals surface area contributed by atoms with Crippen molar-refractivity contribution < 1.29 is 9.53 Å². The molecule has 3 heteroatoms. The average Bonchev–Trinajstić information content (AvgIpc) is 3.15. The van der Waals surface area contributed by atoms with Crippen LogP contribution < -0.4 is 5.73 Å². The molecule has 206 valence electrons. The quantitative estimate of drug-likeness (QED) is 0.256. The normalized spacial score (nSPS) is 39.7. The number of rotatable bonds is 9. The van der Waals surface area contributed by atoms with Gasteiger partial charge in [-0.15, -0.1) is 0 Å². The van der Waals surface area contributed by atoms with Gasteiger partial charge in [0.25, 0.3) is 0 Å². The summed E-state index contributed by atoms with van der Waals surface area (Å²) >= 11 is 0. The molecule has 2 N–H and O–H groups in total. The first-order valence-corrected chi connectivity index (χ1v) is 15.6. The molecule has 0 heterocycles. The molecule has 1 unspecified atom stereocenters. The van der Waals surface area contributed by atoms with Crippen molar-refractivity contribution in [3.63, 3.8) is 0 Å². The summed E-state index contributed by atoms with van der Waals surface area (Å²) in [6, 6.07) is -0.484. The van der Waals surface area contributed by atoms with Crippen molar-refractivity contribution in [3.05, 3.63) is 11.6 Å². The summed E-state index contributed by atoms with van der Waals surface area (Å²) in [4.78, 5) is 12.6. The van der Waals surface area contributed by atoms with E-state index in [0.717, 1.165) is 54.8 Å². The lowest BCUT2D eigenvalue weighted by Crippen LogP contribution is -2.51. The lowest BCUT2D eigenvalue weighted by molar-refractivity contribution is -0.153. The second kappa shape index (κ2) is 11.1. The Morgan fingerprint density at radius 2 is 1.75 bits per heavy atom. The van der Waals surface area contributed by atoms with Gasteiger partial charge in [0.2, 0.25) is 0 Å². The molecule has 0 aliphatic heterocycles. The smallest absolute Gasteiger partial charge is 0.323 e. The average molecular weight is 500 g/mol. The molecule has 3 saturated carbocycles. The summed E-state index contributed by atoms with van der Waals surface area (Å²) in [5, 5.41) is 0. The highest BCUT2D eigenvalue weighted by molar-refractivity contribution is 5.75. The second-order valence-corrected chi connectivity index (χ2v) is 14.8. The van der Waals surface area contributed by atoms with Gasteiger partial charge in [-0.05, 0) is 104 Å². The molecule has 0 aromatic heterocycles. The van der Waals surface area contributed by atoms with Crippen molar-refractivity contribution in [3.8, 4) is 0 Å². The topological polar surface area (TPSA) is 52.3 Å². The van der Waals surface area contributed by atoms with Crippen molar-refractivity contribution in [1.29, 1.82) is 0 Å². The Balaban J connectivity index is 1.41. The first kappa shape index (κ1) is 28.2. The molecule has 4 aliphatic carbocycles. The van der Waals surface area contributed by atoms with Crippen LogP contribution in [0.4, 0.5) is 0 Å². The van der Waals surface area contributed by atoms with Crippen LogP contribution in [0, 0.1) is 52.3 Å². The van der Waals surface area contributed by atoms with Crippen LogP contribution in [0.1, 0.15) is 126 Å². The molecular weight excluding hydrogens is 442 g/mol. The molecule has 0 saturated heterocycles. The number of nitrogens with two attached hydrogens (primary N) is 1. The Morgan fingerprint density at radius 1 is 1.00 bits per heavy atom. The molecule has 0 amide bonds. The highest BCUT2D eigenvalue weighted by atomic mass is 16.5. The molecule has 0 spiro atoms. The maximum Gasteiger partial charge on any atom is 0.323 e. The maximum atomic E-state index is 12.6. The molecule has 0 aromatic carbocycles. The Kier molecular flexibility index (Phi) is 8.70. The van der Waals surface area contributed by atoms with Crippen molar-refractivity contribution in [2.75, 3.05) is 0 Å². The van der Waals surface area contributed by atoms with E-state index in [-0.39, 0.29) is 12.1 Å². The molecule has 0 bridgehead atoms. The third-order valence-corrected chi connectivity index (χ3v) is 11.6. The fourth-order valence-corrected chi connectivity index (χ4v) is 9.61. The van der Waals surface area contributed by atoms with E-state index in [0.29, 0.717) is 23.2 Å². The number of esters is 1. The number of carbonyl (C=O) groups excluding carboxylic acids is 1. The molecule has 4 aliphatic rings. The van der Waals surface area contributed by atoms with E-state index in [2.05, 4.69) is 54.5 Å². The van der Waals surface area contributed by atoms with E-state index >= 15 is 0 Å². The second-order valence-electron chi connectivity index (χ2n) is 14.8. The highest BCUT2D eigenvalue weighted by Gasteiger charge is 2.59. The number of fused-ring (bicyclic) bond motifs is 5. The van der Waals surface area contributed by atoms with Crippen LogP contribution in [-0.2, 0) is 9.53 Å². The predicted octanol–water partition coefficient (Wildman–Crippen LogP) is 8.31. The van der Waals surface area contributed by atoms with Gasteiger partial charge < -0.3 is 10.5 Å². The van der Waals surface area contributed by atoms with Crippen LogP contribution in [0.5, 0.6) is 0 Å². The van der Waals surface area contributed by atoms with Gasteiger partial charge in [-0.3, -0.25) is 4.79 Å². The summed E-state index contributed by atoms with van der Waals surface area (Å²) in [5.74, 6) is 5.39. The number of ether oxygens (including phenoxy) is 1. The van der Waals surface area contributed by atoms with Crippen LogP contribution >= 0.6 is 0 Å². The van der Waals surface area contributed by atoms with Crippen molar-refractivity contribution >= 4 is 5.97 Å². The fraction of sp³-hybridized carbons (Fsp3) is 0.909. The summed E-state index contributed by atoms with van der Waals surface area (Å²) in [6.07, 6.45) is 17.6. The SMILES string of the molecule is CC(C)CCC[C@@H](C)[C@H]1CC[C@H]2[C@@H]3CC=C4CC(OC(=O)[C@@H](N)CC(C)C)CC[C@]4(C)[C@H]3CC[C@]12C. The van der Waals surface area contributed by atoms with Crippen LogP contribution in [0.2, 0.25) is 0 Å². The summed E-state index contributed by atoms with van der Waals surface area (Å²) in [7, 11) is 0. The Labute approximate surface area is 222 Å². The summed E-state index contributed by atoms with van der Waals surface area (Å²) in [5.41, 5.74) is 8.55. The first-order chi connectivity index (χ1) is 17.0. The maximum absolute atomic E-state index is 12.6. The zero-order chi connectivity index (χ0) is 26.3. The largest absolute Gasteiger partial charge is 0.461 e. The fourth-order valence-electron chi connectivity index (χ4n) is 9.61. The van der Waals surface area contributed by atoms with E-state index < -0.39 is 6.04 Å². The minimum atomic E-state index is -0.484. The van der Waals surface area contributed by atoms with Gasteiger partial charge in [0.15, 0.2) is 0 Å². The lowest BCUT2D eigenvalue weighted by Gasteiger charge is -2.58. The minimum absolute atomic E-state index is 0.0167. The third kappa shape index (κ3) is 5.48. The number of hydrogen-bond acceptors (Lipinski definition) is 3. The molecular formula is C33H57NO2. The Bertz CT molecular complexity index is 802. The molecule has 0 aromatic rings. The van der Waals surface area contributed by atoms with Crippen molar-refractivity contribution in [2.24, 2.45) is 58.0 Å². The number of allylic oxidation sites excluding steroid dienone is 1. The standard InChI is InChI=1S/C33H57NO2/c1-21(2)9-8-10-23(5)27-13-14-28-26-12-11-24-20-25(36-31(35)30(34)19-22(3)4)15-17-32(24,6)29(26)16-18-33(27,28)7/h11,21-23,25-30H,8-10,12-20,34H2,1-7H3/t23-,25?,26+,27-,28+,29+,30+,32+,33-/m1/s1. The molecule has 4 rings (SSSR count). The zero-order valence-corrected chi connectivity index (χ0v) is 24.7. The van der Waals surface area contributed by atoms with E-state index in [1.807, 2.05) is 0 Å². The molecule has 3 fully saturated rings. The molecule has 9 atom stereocenters. The van der Waals surface area contributed by atoms with Gasteiger partial charge in [0, 0.05) is 6.42 Å². The van der Waals surface area contributed by atoms with Gasteiger partial charge in [-0.1, -0.05) is 79.4 Å². The monoisotopic (exact) mass is 499 g/mol. The summed E-state index contributed by atoms with van der Waals surface area (Å²) < 4.78 is 5.95. The van der Waals surface area contributed by atoms with E-state index in [4.69, 9.17) is 10.5 Å². The third-order valence-electron chi connectivity index (χ3n) is 11.6. The molecule has 36 heavy (non-hydrogen) atoms. The van der Waals surface area contributed by atoms with E-state index in [1.54, 1.807) is 5.57 Å². The van der Waals surface area contributed by atoms with E-state index in [1.165, 1.54) is 51.4 Å². The first-order valence-electron chi connectivity index (χ1n) is 15.6. The van der Waals surface area contributed by atoms with Gasteiger partial charge in [-0.25, -0.2) is 0 Å². The predicted molar refractivity (Wildman–Crippen MR) is 150 cm³/mol. The van der Waals surface area contributed by atoms with Crippen molar-refractivity contribution in [2.45, 2.75) is 138 Å².